The van der Waals surface area contributed by atoms with Gasteiger partial charge in [0, 0.05) is 6.08 Å². The summed E-state index contributed by atoms with van der Waals surface area (Å²) in [7, 11) is -4.49. The molecule has 0 radical (unpaired) electrons. The van der Waals surface area contributed by atoms with Gasteiger partial charge in [0.25, 0.3) is 0 Å². The Bertz CT molecular complexity index is 309. The summed E-state index contributed by atoms with van der Waals surface area (Å²) in [6.07, 6.45) is 1.06. The van der Waals surface area contributed by atoms with Gasteiger partial charge in [-0.2, -0.15) is 0 Å². The van der Waals surface area contributed by atoms with Crippen LogP contribution in [0.1, 0.15) is 6.92 Å². The van der Waals surface area contributed by atoms with Crippen LogP contribution in [0.5, 0.6) is 0 Å². The quantitative estimate of drug-likeness (QED) is 0.315. The minimum atomic E-state index is -4.49. The van der Waals surface area contributed by atoms with E-state index in [4.69, 9.17) is 5.11 Å². The molecule has 0 spiro atoms. The van der Waals surface area contributed by atoms with Crippen molar-refractivity contribution in [3.05, 3.63) is 12.2 Å². The molecule has 0 heterocycles. The summed E-state index contributed by atoms with van der Waals surface area (Å²) in [4.78, 5) is 10.7. The minimum absolute atomic E-state index is 0. The molecule has 0 saturated carbocycles. The molecule has 1 atom stereocenters. The third-order valence-electron chi connectivity index (χ3n) is 1.12. The number of allylic oxidation sites excluding steroid dienone is 1. The molecule has 0 aromatic carbocycles. The third kappa shape index (κ3) is 12.8. The van der Waals surface area contributed by atoms with Crippen LogP contribution >= 0.6 is 0 Å². The topological polar surface area (TPSA) is 104 Å². The first kappa shape index (κ1) is 18.3. The van der Waals surface area contributed by atoms with Crippen molar-refractivity contribution >= 4 is 16.1 Å². The average molecular weight is 309 g/mol. The Morgan fingerprint density at radius 1 is 1.60 bits per heavy atom. The summed E-state index contributed by atoms with van der Waals surface area (Å²) in [6, 6.07) is 0. The molecular weight excluding hydrogens is 298 g/mol. The van der Waals surface area contributed by atoms with E-state index in [2.05, 4.69) is 4.74 Å². The molecule has 0 aliphatic rings. The number of ether oxygens (including phenoxy) is 1. The summed E-state index contributed by atoms with van der Waals surface area (Å²) < 4.78 is 34.8. The molecular formula is C7H11O6RbS. The fourth-order valence-electron chi connectivity index (χ4n) is 0.646. The molecule has 0 rings (SSSR count). The first-order valence-corrected chi connectivity index (χ1v) is 5.34. The fourth-order valence-corrected chi connectivity index (χ4v) is 1.21. The molecule has 0 aromatic rings. The molecule has 6 nitrogen and oxygen atoms in total. The van der Waals surface area contributed by atoms with Crippen molar-refractivity contribution in [3.8, 4) is 0 Å². The van der Waals surface area contributed by atoms with Crippen molar-refractivity contribution in [3.63, 3.8) is 0 Å². The van der Waals surface area contributed by atoms with Crippen LogP contribution < -0.4 is 58.2 Å². The summed E-state index contributed by atoms with van der Waals surface area (Å²) in [5.41, 5.74) is 0. The van der Waals surface area contributed by atoms with Crippen LogP contribution in [0.4, 0.5) is 0 Å². The average Bonchev–Trinajstić information content (AvgIpc) is 1.98. The van der Waals surface area contributed by atoms with Crippen molar-refractivity contribution in [2.24, 2.45) is 0 Å². The number of carbonyl (C=O) groups is 1. The number of esters is 1. The second-order valence-corrected chi connectivity index (χ2v) is 3.96. The standard InChI is InChI=1S/C7H12O6S.Rb/c1-2-3-7(9)13-4-6(8)5-14(10,11)12;/h2-3,6,8H,4-5H2,1H3,(H,10,11,12);/q;+1/p-1. The van der Waals surface area contributed by atoms with Crippen molar-refractivity contribution in [2.75, 3.05) is 12.4 Å². The Balaban J connectivity index is 0. The number of carbonyl (C=O) groups excluding carboxylic acids is 1. The molecule has 0 bridgehead atoms. The van der Waals surface area contributed by atoms with Crippen LogP contribution in [-0.4, -0.2) is 42.5 Å². The molecule has 8 heteroatoms. The fraction of sp³-hybridized carbons (Fsp3) is 0.571. The first-order chi connectivity index (χ1) is 6.35. The van der Waals surface area contributed by atoms with Crippen LogP contribution in [0.2, 0.25) is 0 Å². The zero-order valence-corrected chi connectivity index (χ0v) is 14.3. The summed E-state index contributed by atoms with van der Waals surface area (Å²) >= 11 is 0. The second-order valence-electron chi connectivity index (χ2n) is 2.51. The molecule has 1 unspecified atom stereocenters. The number of hydrogen-bond donors (Lipinski definition) is 1. The van der Waals surface area contributed by atoms with E-state index in [0.717, 1.165) is 6.08 Å². The van der Waals surface area contributed by atoms with Crippen molar-refractivity contribution < 1.29 is 85.8 Å². The smallest absolute Gasteiger partial charge is 0.748 e. The predicted molar refractivity (Wildman–Crippen MR) is 46.3 cm³/mol. The maximum Gasteiger partial charge on any atom is 1.00 e. The molecule has 1 N–H and O–H groups in total. The van der Waals surface area contributed by atoms with Gasteiger partial charge < -0.3 is 14.4 Å². The van der Waals surface area contributed by atoms with E-state index in [1.807, 2.05) is 0 Å². The molecule has 0 aromatic heterocycles. The maximum atomic E-state index is 10.7. The van der Waals surface area contributed by atoms with Gasteiger partial charge in [-0.25, -0.2) is 13.2 Å². The largest absolute Gasteiger partial charge is 1.00 e. The third-order valence-corrected chi connectivity index (χ3v) is 1.91. The molecule has 82 valence electrons. The van der Waals surface area contributed by atoms with Crippen LogP contribution in [0.15, 0.2) is 12.2 Å². The molecule has 0 aliphatic carbocycles. The van der Waals surface area contributed by atoms with Gasteiger partial charge in [0.15, 0.2) is 0 Å². The first-order valence-electron chi connectivity index (χ1n) is 3.76. The normalized spacial score (nSPS) is 13.3. The molecule has 0 saturated heterocycles. The van der Waals surface area contributed by atoms with Crippen LogP contribution in [0.25, 0.3) is 0 Å². The SMILES string of the molecule is CC=CC(=O)OCC(O)CS(=O)(=O)[O-].[Rb+]. The van der Waals surface area contributed by atoms with Crippen molar-refractivity contribution in [1.29, 1.82) is 0 Å². The van der Waals surface area contributed by atoms with Gasteiger partial charge in [-0.05, 0) is 6.92 Å². The van der Waals surface area contributed by atoms with E-state index in [-0.39, 0.29) is 58.2 Å². The molecule has 0 fully saturated rings. The monoisotopic (exact) mass is 308 g/mol. The maximum absolute atomic E-state index is 10.7. The van der Waals surface area contributed by atoms with Gasteiger partial charge >= 0.3 is 64.2 Å². The molecule has 0 aliphatic heterocycles. The van der Waals surface area contributed by atoms with Gasteiger partial charge in [0.05, 0.1) is 15.9 Å². The van der Waals surface area contributed by atoms with E-state index in [9.17, 15) is 17.8 Å². The summed E-state index contributed by atoms with van der Waals surface area (Å²) in [5.74, 6) is -1.66. The van der Waals surface area contributed by atoms with Crippen molar-refractivity contribution in [1.82, 2.24) is 0 Å². The summed E-state index contributed by atoms with van der Waals surface area (Å²) in [6.45, 7) is 1.09. The zero-order valence-electron chi connectivity index (χ0n) is 8.54. The number of aliphatic hydroxyl groups excluding tert-OH is 1. The Labute approximate surface area is 137 Å². The van der Waals surface area contributed by atoms with E-state index < -0.39 is 34.6 Å². The van der Waals surface area contributed by atoms with Gasteiger partial charge in [0.2, 0.25) is 0 Å². The van der Waals surface area contributed by atoms with E-state index in [1.54, 1.807) is 6.92 Å². The Kier molecular flexibility index (Phi) is 10.9. The summed E-state index contributed by atoms with van der Waals surface area (Å²) in [5, 5.41) is 8.92. The Morgan fingerprint density at radius 2 is 2.13 bits per heavy atom. The van der Waals surface area contributed by atoms with E-state index in [1.165, 1.54) is 6.08 Å². The van der Waals surface area contributed by atoms with Crippen LogP contribution in [0.3, 0.4) is 0 Å². The number of aliphatic hydroxyl groups is 1. The van der Waals surface area contributed by atoms with Gasteiger partial charge in [-0.15, -0.1) is 0 Å². The van der Waals surface area contributed by atoms with Gasteiger partial charge in [-0.1, -0.05) is 6.08 Å². The Hall–Kier alpha value is 0.885. The van der Waals surface area contributed by atoms with Crippen molar-refractivity contribution in [2.45, 2.75) is 13.0 Å². The minimum Gasteiger partial charge on any atom is -0.748 e. The van der Waals surface area contributed by atoms with Crippen LogP contribution in [0, 0.1) is 0 Å². The van der Waals surface area contributed by atoms with Gasteiger partial charge in [0.1, 0.15) is 12.7 Å². The predicted octanol–water partition coefficient (Wildman–Crippen LogP) is -3.98. The zero-order chi connectivity index (χ0) is 11.2. The number of rotatable bonds is 5. The Morgan fingerprint density at radius 3 is 2.53 bits per heavy atom. The molecule has 0 amide bonds. The molecule has 15 heavy (non-hydrogen) atoms. The second kappa shape index (κ2) is 8.97. The number of hydrogen-bond acceptors (Lipinski definition) is 6. The van der Waals surface area contributed by atoms with E-state index >= 15 is 0 Å². The van der Waals surface area contributed by atoms with Gasteiger partial charge in [-0.3, -0.25) is 0 Å². The van der Waals surface area contributed by atoms with E-state index in [0.29, 0.717) is 0 Å². The van der Waals surface area contributed by atoms with Crippen LogP contribution in [-0.2, 0) is 19.6 Å².